The molecule has 6 nitrogen and oxygen atoms in total. The number of nitrogens with one attached hydrogen (secondary N) is 1. The third-order valence-electron chi connectivity index (χ3n) is 4.21. The smallest absolute Gasteiger partial charge is 0.290 e. The van der Waals surface area contributed by atoms with Gasteiger partial charge in [0.1, 0.15) is 5.75 Å². The van der Waals surface area contributed by atoms with Crippen molar-refractivity contribution in [3.63, 3.8) is 0 Å². The summed E-state index contributed by atoms with van der Waals surface area (Å²) in [5.41, 5.74) is 1.61. The third kappa shape index (κ3) is 5.56. The van der Waals surface area contributed by atoms with Crippen LogP contribution in [0, 0.1) is 0 Å². The number of phenolic OH excluding ortho intramolecular Hbond substituents is 1. The predicted octanol–water partition coefficient (Wildman–Crippen LogP) is 3.60. The maximum atomic E-state index is 12.6. The Labute approximate surface area is 162 Å². The van der Waals surface area contributed by atoms with Crippen LogP contribution in [0.2, 0.25) is 0 Å². The highest BCUT2D eigenvalue weighted by Crippen LogP contribution is 2.33. The molecule has 1 aromatic heterocycles. The summed E-state index contributed by atoms with van der Waals surface area (Å²) in [6.07, 6.45) is 3.31. The van der Waals surface area contributed by atoms with E-state index in [1.165, 1.54) is 12.1 Å². The van der Waals surface area contributed by atoms with Crippen molar-refractivity contribution in [1.29, 1.82) is 0 Å². The molecular formula is C20H23NO5S. The second kappa shape index (κ2) is 9.55. The van der Waals surface area contributed by atoms with Gasteiger partial charge in [0.15, 0.2) is 5.76 Å². The van der Waals surface area contributed by atoms with Gasteiger partial charge in [-0.2, -0.15) is 11.3 Å². The first-order chi connectivity index (χ1) is 13.2. The molecule has 1 amide bonds. The average Bonchev–Trinajstić information content (AvgIpc) is 3.20. The fraction of sp³-hybridized carbons (Fsp3) is 0.350. The standard InChI is InChI=1S/C20H23NO5S/c22-7-1-2-8-25-19-11-15(14-6-9-27-13-14)10-18(26-19)20(24)21-16-4-3-5-17(23)12-16/h3-6,9-10,12-13,15,19,22-23H,1-2,7-8,11H2,(H,21,24)/t15-,19+/m0/s1. The molecule has 0 aliphatic carbocycles. The van der Waals surface area contributed by atoms with Crippen LogP contribution in [0.4, 0.5) is 5.69 Å². The van der Waals surface area contributed by atoms with Gasteiger partial charge in [-0.25, -0.2) is 0 Å². The van der Waals surface area contributed by atoms with Crippen molar-refractivity contribution >= 4 is 22.9 Å². The van der Waals surface area contributed by atoms with Gasteiger partial charge >= 0.3 is 0 Å². The predicted molar refractivity (Wildman–Crippen MR) is 104 cm³/mol. The van der Waals surface area contributed by atoms with Gasteiger partial charge < -0.3 is 25.0 Å². The minimum atomic E-state index is -0.525. The van der Waals surface area contributed by atoms with E-state index in [0.29, 0.717) is 25.1 Å². The van der Waals surface area contributed by atoms with Gasteiger partial charge in [-0.15, -0.1) is 0 Å². The summed E-state index contributed by atoms with van der Waals surface area (Å²) in [6, 6.07) is 8.39. The zero-order valence-corrected chi connectivity index (χ0v) is 15.7. The van der Waals surface area contributed by atoms with E-state index in [4.69, 9.17) is 14.6 Å². The normalized spacial score (nSPS) is 19.2. The number of aromatic hydroxyl groups is 1. The van der Waals surface area contributed by atoms with Gasteiger partial charge in [-0.1, -0.05) is 6.07 Å². The summed E-state index contributed by atoms with van der Waals surface area (Å²) in [5, 5.41) is 25.2. The van der Waals surface area contributed by atoms with Crippen LogP contribution in [0.15, 0.2) is 52.9 Å². The number of amides is 1. The quantitative estimate of drug-likeness (QED) is 0.601. The molecular weight excluding hydrogens is 366 g/mol. The van der Waals surface area contributed by atoms with Crippen LogP contribution in [-0.2, 0) is 14.3 Å². The van der Waals surface area contributed by atoms with Crippen molar-refractivity contribution in [2.24, 2.45) is 0 Å². The molecule has 1 aliphatic heterocycles. The zero-order valence-electron chi connectivity index (χ0n) is 14.8. The number of benzene rings is 1. The Morgan fingerprint density at radius 3 is 2.96 bits per heavy atom. The minimum absolute atomic E-state index is 0.0257. The Balaban J connectivity index is 1.71. The first-order valence-electron chi connectivity index (χ1n) is 8.89. The van der Waals surface area contributed by atoms with E-state index in [1.807, 2.05) is 17.5 Å². The van der Waals surface area contributed by atoms with Gasteiger partial charge in [0, 0.05) is 30.7 Å². The Hall–Kier alpha value is -2.35. The van der Waals surface area contributed by atoms with Crippen LogP contribution in [0.25, 0.3) is 0 Å². The lowest BCUT2D eigenvalue weighted by Gasteiger charge is -2.29. The molecule has 7 heteroatoms. The molecule has 2 aromatic rings. The maximum absolute atomic E-state index is 12.6. The number of anilines is 1. The molecule has 1 aliphatic rings. The average molecular weight is 389 g/mol. The lowest BCUT2D eigenvalue weighted by molar-refractivity contribution is -0.143. The molecule has 144 valence electrons. The molecule has 0 spiro atoms. The van der Waals surface area contributed by atoms with Gasteiger partial charge in [-0.05, 0) is 53.4 Å². The number of ether oxygens (including phenoxy) is 2. The van der Waals surface area contributed by atoms with Crippen molar-refractivity contribution in [3.05, 3.63) is 58.5 Å². The van der Waals surface area contributed by atoms with E-state index in [2.05, 4.69) is 10.7 Å². The van der Waals surface area contributed by atoms with E-state index >= 15 is 0 Å². The van der Waals surface area contributed by atoms with E-state index in [0.717, 1.165) is 12.0 Å². The maximum Gasteiger partial charge on any atom is 0.290 e. The highest BCUT2D eigenvalue weighted by molar-refractivity contribution is 7.08. The fourth-order valence-corrected chi connectivity index (χ4v) is 3.57. The van der Waals surface area contributed by atoms with E-state index in [9.17, 15) is 9.90 Å². The molecule has 27 heavy (non-hydrogen) atoms. The highest BCUT2D eigenvalue weighted by atomic mass is 32.1. The lowest BCUT2D eigenvalue weighted by atomic mass is 9.95. The van der Waals surface area contributed by atoms with Crippen LogP contribution in [0.5, 0.6) is 5.75 Å². The molecule has 0 fully saturated rings. The molecule has 0 bridgehead atoms. The van der Waals surface area contributed by atoms with Gasteiger partial charge in [0.25, 0.3) is 5.91 Å². The van der Waals surface area contributed by atoms with Crippen molar-refractivity contribution in [3.8, 4) is 5.75 Å². The van der Waals surface area contributed by atoms with Crippen molar-refractivity contribution in [2.75, 3.05) is 18.5 Å². The molecule has 0 saturated heterocycles. The number of hydrogen-bond acceptors (Lipinski definition) is 6. The first kappa shape index (κ1) is 19.4. The molecule has 2 heterocycles. The largest absolute Gasteiger partial charge is 0.508 e. The Kier molecular flexibility index (Phi) is 6.86. The summed E-state index contributed by atoms with van der Waals surface area (Å²) >= 11 is 1.61. The number of hydrogen-bond donors (Lipinski definition) is 3. The number of aliphatic hydroxyl groups is 1. The summed E-state index contributed by atoms with van der Waals surface area (Å²) in [6.45, 7) is 0.590. The lowest BCUT2D eigenvalue weighted by Crippen LogP contribution is -2.29. The summed E-state index contributed by atoms with van der Waals surface area (Å²) < 4.78 is 11.5. The number of unbranched alkanes of at least 4 members (excludes halogenated alkanes) is 1. The summed E-state index contributed by atoms with van der Waals surface area (Å²) in [4.78, 5) is 12.6. The number of aliphatic hydroxyl groups excluding tert-OH is 1. The number of thiophene rings is 1. The number of rotatable bonds is 8. The Bertz CT molecular complexity index is 774. The second-order valence-corrected chi connectivity index (χ2v) is 7.06. The summed E-state index contributed by atoms with van der Waals surface area (Å²) in [5.74, 6) is -0.0807. The van der Waals surface area contributed by atoms with Crippen LogP contribution < -0.4 is 5.32 Å². The zero-order chi connectivity index (χ0) is 19.1. The van der Waals surface area contributed by atoms with Crippen molar-refractivity contribution in [2.45, 2.75) is 31.5 Å². The van der Waals surface area contributed by atoms with Crippen LogP contribution in [0.1, 0.15) is 30.7 Å². The molecule has 0 unspecified atom stereocenters. The number of phenols is 1. The highest BCUT2D eigenvalue weighted by Gasteiger charge is 2.29. The first-order valence-corrected chi connectivity index (χ1v) is 9.83. The van der Waals surface area contributed by atoms with E-state index < -0.39 is 6.29 Å². The molecule has 0 saturated carbocycles. The van der Waals surface area contributed by atoms with Crippen molar-refractivity contribution in [1.82, 2.24) is 0 Å². The van der Waals surface area contributed by atoms with Gasteiger partial charge in [-0.3, -0.25) is 4.79 Å². The minimum Gasteiger partial charge on any atom is -0.508 e. The number of carbonyl (C=O) groups excluding carboxylic acids is 1. The second-order valence-electron chi connectivity index (χ2n) is 6.28. The Morgan fingerprint density at radius 1 is 1.33 bits per heavy atom. The van der Waals surface area contributed by atoms with E-state index in [-0.39, 0.29) is 29.9 Å². The SMILES string of the molecule is O=C(Nc1cccc(O)c1)C1=C[C@H](c2ccsc2)C[C@H](OCCCCO)O1. The molecule has 0 radical (unpaired) electrons. The molecule has 3 rings (SSSR count). The van der Waals surface area contributed by atoms with Gasteiger partial charge in [0.05, 0.1) is 6.61 Å². The summed E-state index contributed by atoms with van der Waals surface area (Å²) in [7, 11) is 0. The third-order valence-corrected chi connectivity index (χ3v) is 4.91. The number of allylic oxidation sites excluding steroid dienone is 1. The van der Waals surface area contributed by atoms with E-state index in [1.54, 1.807) is 23.5 Å². The fourth-order valence-electron chi connectivity index (χ4n) is 2.84. The van der Waals surface area contributed by atoms with Crippen LogP contribution in [0.3, 0.4) is 0 Å². The van der Waals surface area contributed by atoms with Crippen molar-refractivity contribution < 1.29 is 24.5 Å². The monoisotopic (exact) mass is 389 g/mol. The topological polar surface area (TPSA) is 88.0 Å². The molecule has 1 aromatic carbocycles. The Morgan fingerprint density at radius 2 is 2.22 bits per heavy atom. The number of carbonyl (C=O) groups is 1. The van der Waals surface area contributed by atoms with Gasteiger partial charge in [0.2, 0.25) is 6.29 Å². The molecule has 3 N–H and O–H groups in total. The van der Waals surface area contributed by atoms with Crippen LogP contribution >= 0.6 is 11.3 Å². The van der Waals surface area contributed by atoms with Crippen LogP contribution in [-0.4, -0.2) is 35.6 Å². The molecule has 2 atom stereocenters.